The molecule has 1 aliphatic carbocycles. The average Bonchev–Trinajstić information content (AvgIpc) is 2.92. The van der Waals surface area contributed by atoms with Crippen LogP contribution >= 0.6 is 0 Å². The average molecular weight is 512 g/mol. The van der Waals surface area contributed by atoms with Gasteiger partial charge in [-0.05, 0) is 54.4 Å². The van der Waals surface area contributed by atoms with Crippen LogP contribution in [0.5, 0.6) is 11.5 Å². The number of para-hydroxylation sites is 3. The Labute approximate surface area is 227 Å². The van der Waals surface area contributed by atoms with Crippen LogP contribution in [0.15, 0.2) is 66.7 Å². The maximum atomic E-state index is 13.6. The van der Waals surface area contributed by atoms with Crippen molar-refractivity contribution in [3.63, 3.8) is 0 Å². The molecule has 38 heavy (non-hydrogen) atoms. The van der Waals surface area contributed by atoms with E-state index in [0.29, 0.717) is 12.3 Å². The first-order valence-corrected chi connectivity index (χ1v) is 14.4. The maximum Gasteiger partial charge on any atom is 0.225 e. The van der Waals surface area contributed by atoms with Gasteiger partial charge in [-0.1, -0.05) is 101 Å². The summed E-state index contributed by atoms with van der Waals surface area (Å²) in [6.07, 6.45) is 8.86. The van der Waals surface area contributed by atoms with Crippen LogP contribution in [0.2, 0.25) is 0 Å². The quantitative estimate of drug-likeness (QED) is 0.303. The lowest BCUT2D eigenvalue weighted by molar-refractivity contribution is -0.116. The molecule has 3 aromatic carbocycles. The highest BCUT2D eigenvalue weighted by molar-refractivity contribution is 5.93. The van der Waals surface area contributed by atoms with Gasteiger partial charge in [-0.3, -0.25) is 4.79 Å². The van der Waals surface area contributed by atoms with Crippen molar-refractivity contribution in [1.82, 2.24) is 0 Å². The van der Waals surface area contributed by atoms with E-state index in [2.05, 4.69) is 49.5 Å². The minimum absolute atomic E-state index is 0.00129. The highest BCUT2D eigenvalue weighted by Crippen LogP contribution is 2.45. The number of carbonyl (C=O) groups is 1. The molecule has 1 aliphatic heterocycles. The molecular formula is C34H41NO3. The van der Waals surface area contributed by atoms with Gasteiger partial charge in [-0.15, -0.1) is 0 Å². The van der Waals surface area contributed by atoms with Crippen molar-refractivity contribution in [1.29, 1.82) is 0 Å². The number of aliphatic hydroxyl groups excluding tert-OH is 1. The molecule has 4 heteroatoms. The molecule has 1 unspecified atom stereocenters. The highest BCUT2D eigenvalue weighted by Gasteiger charge is 2.29. The fraction of sp³-hybridized carbons (Fsp3) is 0.441. The fourth-order valence-electron chi connectivity index (χ4n) is 6.31. The lowest BCUT2D eigenvalue weighted by atomic mass is 9.84. The van der Waals surface area contributed by atoms with Gasteiger partial charge in [0, 0.05) is 29.2 Å². The number of fused-ring (bicyclic) bond motifs is 2. The first kappa shape index (κ1) is 26.5. The fourth-order valence-corrected chi connectivity index (χ4v) is 6.31. The first-order chi connectivity index (χ1) is 18.5. The molecule has 0 saturated heterocycles. The van der Waals surface area contributed by atoms with E-state index in [0.717, 1.165) is 58.7 Å². The van der Waals surface area contributed by atoms with Crippen LogP contribution in [0.25, 0.3) is 0 Å². The van der Waals surface area contributed by atoms with Crippen LogP contribution in [-0.2, 0) is 11.2 Å². The van der Waals surface area contributed by atoms with Crippen molar-refractivity contribution in [3.05, 3.63) is 89.0 Å². The molecule has 1 atom stereocenters. The van der Waals surface area contributed by atoms with Gasteiger partial charge in [0.2, 0.25) is 5.91 Å². The summed E-state index contributed by atoms with van der Waals surface area (Å²) in [6.45, 7) is 4.33. The third-order valence-electron chi connectivity index (χ3n) is 8.34. The number of hydrogen-bond acceptors (Lipinski definition) is 3. The minimum atomic E-state index is -0.292. The number of rotatable bonds is 9. The van der Waals surface area contributed by atoms with Crippen LogP contribution in [0, 0.1) is 5.92 Å². The Balaban J connectivity index is 1.32. The van der Waals surface area contributed by atoms with Crippen LogP contribution in [0.1, 0.15) is 99.3 Å². The molecule has 1 heterocycles. The predicted molar refractivity (Wildman–Crippen MR) is 154 cm³/mol. The molecule has 0 radical (unpaired) electrons. The predicted octanol–water partition coefficient (Wildman–Crippen LogP) is 8.34. The van der Waals surface area contributed by atoms with Gasteiger partial charge in [0.15, 0.2) is 0 Å². The van der Waals surface area contributed by atoms with Crippen LogP contribution < -0.4 is 10.1 Å². The van der Waals surface area contributed by atoms with Crippen LogP contribution in [0.4, 0.5) is 5.69 Å². The van der Waals surface area contributed by atoms with Crippen molar-refractivity contribution >= 4 is 11.6 Å². The Hall–Kier alpha value is -3.11. The molecule has 2 aliphatic rings. The molecule has 4 nitrogen and oxygen atoms in total. The third-order valence-corrected chi connectivity index (χ3v) is 8.34. The third kappa shape index (κ3) is 6.13. The van der Waals surface area contributed by atoms with E-state index < -0.39 is 0 Å². The van der Waals surface area contributed by atoms with E-state index in [1.807, 2.05) is 36.4 Å². The summed E-state index contributed by atoms with van der Waals surface area (Å²) in [5.74, 6) is 2.51. The Morgan fingerprint density at radius 1 is 0.921 bits per heavy atom. The van der Waals surface area contributed by atoms with Crippen LogP contribution in [-0.4, -0.2) is 17.1 Å². The number of anilines is 1. The van der Waals surface area contributed by atoms with Gasteiger partial charge >= 0.3 is 0 Å². The molecular weight excluding hydrogens is 470 g/mol. The molecule has 0 spiro atoms. The van der Waals surface area contributed by atoms with Crippen molar-refractivity contribution in [2.75, 3.05) is 5.32 Å². The smallest absolute Gasteiger partial charge is 0.225 e. The van der Waals surface area contributed by atoms with Gasteiger partial charge in [0.1, 0.15) is 11.5 Å². The number of nitrogens with one attached hydrogen (secondary N) is 1. The summed E-state index contributed by atoms with van der Waals surface area (Å²) in [4.78, 5) is 13.6. The van der Waals surface area contributed by atoms with Crippen molar-refractivity contribution in [2.45, 2.75) is 89.6 Å². The molecule has 0 aromatic heterocycles. The van der Waals surface area contributed by atoms with Crippen molar-refractivity contribution < 1.29 is 14.6 Å². The van der Waals surface area contributed by atoms with E-state index in [4.69, 9.17) is 4.74 Å². The van der Waals surface area contributed by atoms with Crippen LogP contribution in [0.3, 0.4) is 0 Å². The summed E-state index contributed by atoms with van der Waals surface area (Å²) in [7, 11) is 0. The molecule has 1 amide bonds. The number of ether oxygens (including phenoxy) is 1. The van der Waals surface area contributed by atoms with E-state index in [9.17, 15) is 9.90 Å². The summed E-state index contributed by atoms with van der Waals surface area (Å²) >= 11 is 0. The summed E-state index contributed by atoms with van der Waals surface area (Å²) < 4.78 is 6.13. The topological polar surface area (TPSA) is 58.6 Å². The van der Waals surface area contributed by atoms with E-state index in [-0.39, 0.29) is 23.8 Å². The Bertz CT molecular complexity index is 1200. The summed E-state index contributed by atoms with van der Waals surface area (Å²) in [6, 6.07) is 22.3. The molecule has 2 N–H and O–H groups in total. The van der Waals surface area contributed by atoms with Gasteiger partial charge < -0.3 is 15.2 Å². The zero-order chi connectivity index (χ0) is 26.5. The van der Waals surface area contributed by atoms with Gasteiger partial charge in [0.05, 0.1) is 6.10 Å². The Morgan fingerprint density at radius 2 is 1.58 bits per heavy atom. The maximum absolute atomic E-state index is 13.6. The number of amides is 1. The number of benzene rings is 3. The number of carbonyl (C=O) groups excluding carboxylic acids is 1. The van der Waals surface area contributed by atoms with Gasteiger partial charge in [0.25, 0.3) is 0 Å². The largest absolute Gasteiger partial charge is 0.457 e. The van der Waals surface area contributed by atoms with Gasteiger partial charge in [-0.2, -0.15) is 0 Å². The SMILES string of the molecule is CC(C)c1cccc(CCC(O)CC2CCCCC2)c1NC(=O)CC1c2ccccc2Oc2ccccc21. The normalized spacial score (nSPS) is 16.4. The first-order valence-electron chi connectivity index (χ1n) is 14.4. The second-order valence-electron chi connectivity index (χ2n) is 11.5. The monoisotopic (exact) mass is 511 g/mol. The van der Waals surface area contributed by atoms with Gasteiger partial charge in [-0.25, -0.2) is 0 Å². The lowest BCUT2D eigenvalue weighted by Crippen LogP contribution is -2.21. The van der Waals surface area contributed by atoms with E-state index >= 15 is 0 Å². The number of aryl methyl sites for hydroxylation is 1. The Kier molecular flexibility index (Phi) is 8.48. The zero-order valence-electron chi connectivity index (χ0n) is 22.8. The zero-order valence-corrected chi connectivity index (χ0v) is 22.8. The summed E-state index contributed by atoms with van der Waals surface area (Å²) in [5, 5.41) is 14.1. The Morgan fingerprint density at radius 3 is 2.24 bits per heavy atom. The van der Waals surface area contributed by atoms with E-state index in [1.165, 1.54) is 32.1 Å². The second kappa shape index (κ2) is 12.2. The van der Waals surface area contributed by atoms with Crippen molar-refractivity contribution in [2.24, 2.45) is 5.92 Å². The lowest BCUT2D eigenvalue weighted by Gasteiger charge is -2.28. The number of aliphatic hydroxyl groups is 1. The highest BCUT2D eigenvalue weighted by atomic mass is 16.5. The molecule has 200 valence electrons. The molecule has 1 saturated carbocycles. The van der Waals surface area contributed by atoms with Crippen molar-refractivity contribution in [3.8, 4) is 11.5 Å². The van der Waals surface area contributed by atoms with E-state index in [1.54, 1.807) is 0 Å². The second-order valence-corrected chi connectivity index (χ2v) is 11.5. The summed E-state index contributed by atoms with van der Waals surface area (Å²) in [5.41, 5.74) is 5.27. The molecule has 0 bridgehead atoms. The molecule has 3 aromatic rings. The number of hydrogen-bond donors (Lipinski definition) is 2. The minimum Gasteiger partial charge on any atom is -0.457 e. The standard InChI is InChI=1S/C34H41NO3/c1-23(2)27-16-10-13-25(19-20-26(36)21-24-11-4-3-5-12-24)34(27)35-33(37)22-30-28-14-6-8-17-31(28)38-32-18-9-7-15-29(30)32/h6-10,13-18,23-24,26,30,36H,3-5,11-12,19-22H2,1-2H3,(H,35,37). The molecule has 1 fully saturated rings. The molecule has 5 rings (SSSR count).